The van der Waals surface area contributed by atoms with Crippen LogP contribution in [0.2, 0.25) is 0 Å². The van der Waals surface area contributed by atoms with E-state index in [2.05, 4.69) is 20.4 Å². The van der Waals surface area contributed by atoms with Crippen molar-refractivity contribution >= 4 is 5.91 Å². The van der Waals surface area contributed by atoms with Crippen LogP contribution in [0.3, 0.4) is 0 Å². The average Bonchev–Trinajstić information content (AvgIpc) is 2.08. The van der Waals surface area contributed by atoms with Gasteiger partial charge in [-0.15, -0.1) is 0 Å². The lowest BCUT2D eigenvalue weighted by Gasteiger charge is -2.37. The highest BCUT2D eigenvalue weighted by Crippen LogP contribution is 2.22. The minimum atomic E-state index is 0.0778. The Bertz CT molecular complexity index is 188. The minimum Gasteiger partial charge on any atom is -0.336 e. The van der Waals surface area contributed by atoms with Crippen LogP contribution in [0.5, 0.6) is 0 Å². The summed E-state index contributed by atoms with van der Waals surface area (Å²) in [4.78, 5) is 13.2. The van der Waals surface area contributed by atoms with Crippen molar-refractivity contribution in [1.29, 1.82) is 0 Å². The number of carbonyl (C=O) groups is 1. The predicted octanol–water partition coefficient (Wildman–Crippen LogP) is 1.82. The Morgan fingerprint density at radius 1 is 1.58 bits per heavy atom. The molecule has 0 aromatic heterocycles. The molecule has 1 aliphatic rings. The number of hydrogen-bond donors (Lipinski definition) is 0. The number of likely N-dealkylation sites (tertiary alicyclic amines) is 1. The lowest BCUT2D eigenvalue weighted by Crippen LogP contribution is -2.45. The smallest absolute Gasteiger partial charge is 0.246 e. The molecule has 1 fully saturated rings. The highest BCUT2D eigenvalue weighted by Gasteiger charge is 2.26. The van der Waals surface area contributed by atoms with Gasteiger partial charge < -0.3 is 4.90 Å². The summed E-state index contributed by atoms with van der Waals surface area (Å²) < 4.78 is 0. The molecule has 2 atom stereocenters. The first-order valence-corrected chi connectivity index (χ1v) is 4.60. The van der Waals surface area contributed by atoms with Crippen molar-refractivity contribution in [3.8, 4) is 0 Å². The third-order valence-corrected chi connectivity index (χ3v) is 2.83. The van der Waals surface area contributed by atoms with Crippen molar-refractivity contribution < 1.29 is 4.79 Å². The first-order chi connectivity index (χ1) is 5.66. The fourth-order valence-electron chi connectivity index (χ4n) is 1.76. The second kappa shape index (κ2) is 3.74. The molecule has 1 aliphatic heterocycles. The van der Waals surface area contributed by atoms with Gasteiger partial charge in [0.2, 0.25) is 5.91 Å². The van der Waals surface area contributed by atoms with Gasteiger partial charge in [0.15, 0.2) is 0 Å². The van der Waals surface area contributed by atoms with E-state index in [1.165, 1.54) is 12.5 Å². The van der Waals surface area contributed by atoms with Crippen molar-refractivity contribution in [1.82, 2.24) is 4.90 Å². The van der Waals surface area contributed by atoms with E-state index >= 15 is 0 Å². The van der Waals surface area contributed by atoms with Gasteiger partial charge in [-0.3, -0.25) is 4.79 Å². The van der Waals surface area contributed by atoms with Gasteiger partial charge in [0, 0.05) is 12.6 Å². The molecule has 0 N–H and O–H groups in total. The number of rotatable bonds is 1. The van der Waals surface area contributed by atoms with Crippen LogP contribution in [0.1, 0.15) is 26.7 Å². The van der Waals surface area contributed by atoms with E-state index in [-0.39, 0.29) is 5.91 Å². The van der Waals surface area contributed by atoms with Crippen LogP contribution < -0.4 is 0 Å². The summed E-state index contributed by atoms with van der Waals surface area (Å²) >= 11 is 0. The molecule has 0 radical (unpaired) electrons. The molecule has 0 saturated carbocycles. The Kier molecular flexibility index (Phi) is 2.90. The van der Waals surface area contributed by atoms with Crippen molar-refractivity contribution in [3.05, 3.63) is 12.7 Å². The Labute approximate surface area is 74.2 Å². The highest BCUT2D eigenvalue weighted by atomic mass is 16.2. The summed E-state index contributed by atoms with van der Waals surface area (Å²) in [5, 5.41) is 0. The second-order valence-electron chi connectivity index (χ2n) is 3.60. The molecule has 0 spiro atoms. The molecule has 1 rings (SSSR count). The molecule has 12 heavy (non-hydrogen) atoms. The minimum absolute atomic E-state index is 0.0778. The van der Waals surface area contributed by atoms with Gasteiger partial charge in [-0.05, 0) is 31.8 Å². The van der Waals surface area contributed by atoms with Gasteiger partial charge >= 0.3 is 0 Å². The number of nitrogens with zero attached hydrogens (tertiary/aromatic N) is 1. The molecular weight excluding hydrogens is 150 g/mol. The molecule has 0 aromatic rings. The molecular formula is C10H17NO. The topological polar surface area (TPSA) is 20.3 Å². The van der Waals surface area contributed by atoms with Crippen LogP contribution in [-0.2, 0) is 4.79 Å². The lowest BCUT2D eigenvalue weighted by molar-refractivity contribution is -0.130. The Hall–Kier alpha value is -0.790. The largest absolute Gasteiger partial charge is 0.336 e. The number of carbonyl (C=O) groups excluding carboxylic acids is 1. The van der Waals surface area contributed by atoms with Crippen LogP contribution >= 0.6 is 0 Å². The first-order valence-electron chi connectivity index (χ1n) is 4.60. The van der Waals surface area contributed by atoms with E-state index in [1.807, 2.05) is 4.90 Å². The number of amides is 1. The summed E-state index contributed by atoms with van der Waals surface area (Å²) in [5.41, 5.74) is 0. The summed E-state index contributed by atoms with van der Waals surface area (Å²) in [5.74, 6) is 0.705. The fourth-order valence-corrected chi connectivity index (χ4v) is 1.76. The molecule has 2 nitrogen and oxygen atoms in total. The molecule has 0 bridgehead atoms. The van der Waals surface area contributed by atoms with E-state index < -0.39 is 0 Å². The predicted molar refractivity (Wildman–Crippen MR) is 49.8 cm³/mol. The Morgan fingerprint density at radius 3 is 2.83 bits per heavy atom. The maximum atomic E-state index is 11.3. The summed E-state index contributed by atoms with van der Waals surface area (Å²) in [6.45, 7) is 8.72. The molecule has 1 heterocycles. The summed E-state index contributed by atoms with van der Waals surface area (Å²) in [7, 11) is 0. The maximum Gasteiger partial charge on any atom is 0.246 e. The Morgan fingerprint density at radius 2 is 2.25 bits per heavy atom. The standard InChI is InChI=1S/C10H17NO/c1-4-10(12)11-7-5-6-8(2)9(11)3/h4,8-9H,1,5-7H2,2-3H3. The monoisotopic (exact) mass is 167 g/mol. The highest BCUT2D eigenvalue weighted by molar-refractivity contribution is 5.87. The number of piperidine rings is 1. The van der Waals surface area contributed by atoms with Gasteiger partial charge in [0.1, 0.15) is 0 Å². The lowest BCUT2D eigenvalue weighted by atomic mass is 9.92. The zero-order valence-corrected chi connectivity index (χ0v) is 7.92. The normalized spacial score (nSPS) is 30.0. The summed E-state index contributed by atoms with van der Waals surface area (Å²) in [6.07, 6.45) is 3.78. The molecule has 0 aliphatic carbocycles. The van der Waals surface area contributed by atoms with Crippen LogP contribution in [0, 0.1) is 5.92 Å². The SMILES string of the molecule is C=CC(=O)N1CCCC(C)C1C. The van der Waals surface area contributed by atoms with E-state index in [1.54, 1.807) is 0 Å². The van der Waals surface area contributed by atoms with Gasteiger partial charge in [-0.1, -0.05) is 13.5 Å². The fraction of sp³-hybridized carbons (Fsp3) is 0.700. The molecule has 2 heteroatoms. The summed E-state index contributed by atoms with van der Waals surface area (Å²) in [6, 6.07) is 0.379. The first kappa shape index (κ1) is 9.30. The zero-order chi connectivity index (χ0) is 9.14. The maximum absolute atomic E-state index is 11.3. The van der Waals surface area contributed by atoms with E-state index in [9.17, 15) is 4.79 Å². The van der Waals surface area contributed by atoms with E-state index in [0.29, 0.717) is 12.0 Å². The molecule has 2 unspecified atom stereocenters. The van der Waals surface area contributed by atoms with Crippen molar-refractivity contribution in [2.24, 2.45) is 5.92 Å². The van der Waals surface area contributed by atoms with Gasteiger partial charge in [0.05, 0.1) is 0 Å². The van der Waals surface area contributed by atoms with Crippen LogP contribution in [-0.4, -0.2) is 23.4 Å². The van der Waals surface area contributed by atoms with Gasteiger partial charge in [-0.2, -0.15) is 0 Å². The van der Waals surface area contributed by atoms with E-state index in [4.69, 9.17) is 0 Å². The third kappa shape index (κ3) is 1.68. The van der Waals surface area contributed by atoms with Crippen molar-refractivity contribution in [3.63, 3.8) is 0 Å². The van der Waals surface area contributed by atoms with Crippen molar-refractivity contribution in [2.45, 2.75) is 32.7 Å². The zero-order valence-electron chi connectivity index (χ0n) is 7.92. The third-order valence-electron chi connectivity index (χ3n) is 2.83. The number of hydrogen-bond acceptors (Lipinski definition) is 1. The molecule has 1 saturated heterocycles. The molecule has 68 valence electrons. The Balaban J connectivity index is 2.63. The quantitative estimate of drug-likeness (QED) is 0.545. The molecule has 1 amide bonds. The van der Waals surface area contributed by atoms with Gasteiger partial charge in [0.25, 0.3) is 0 Å². The van der Waals surface area contributed by atoms with Gasteiger partial charge in [-0.25, -0.2) is 0 Å². The molecule has 0 aromatic carbocycles. The van der Waals surface area contributed by atoms with Crippen LogP contribution in [0.15, 0.2) is 12.7 Å². The van der Waals surface area contributed by atoms with Crippen LogP contribution in [0.25, 0.3) is 0 Å². The van der Waals surface area contributed by atoms with Crippen LogP contribution in [0.4, 0.5) is 0 Å². The van der Waals surface area contributed by atoms with Crippen molar-refractivity contribution in [2.75, 3.05) is 6.54 Å². The van der Waals surface area contributed by atoms with E-state index in [0.717, 1.165) is 13.0 Å². The average molecular weight is 167 g/mol. The second-order valence-corrected chi connectivity index (χ2v) is 3.60.